The van der Waals surface area contributed by atoms with Gasteiger partial charge in [-0.15, -0.1) is 0 Å². The number of anilines is 2. The van der Waals surface area contributed by atoms with Gasteiger partial charge in [0.1, 0.15) is 0 Å². The molecular formula is C24H25N3. The van der Waals surface area contributed by atoms with Crippen molar-refractivity contribution in [2.75, 3.05) is 31.1 Å². The monoisotopic (exact) mass is 355 g/mol. The lowest BCUT2D eigenvalue weighted by molar-refractivity contribution is 0.690. The number of hydrogen-bond acceptors (Lipinski definition) is 3. The number of hydrogen-bond donors (Lipinski definition) is 2. The molecule has 0 spiro atoms. The highest BCUT2D eigenvalue weighted by atomic mass is 15.2. The number of nitrogens with zero attached hydrogens (tertiary/aromatic N) is 1. The van der Waals surface area contributed by atoms with Gasteiger partial charge in [0.05, 0.1) is 0 Å². The second-order valence-electron chi connectivity index (χ2n) is 6.69. The maximum Gasteiger partial charge on any atom is 0.0491 e. The topological polar surface area (TPSA) is 41.3 Å². The molecular weight excluding hydrogens is 330 g/mol. The van der Waals surface area contributed by atoms with Crippen molar-refractivity contribution in [1.29, 1.82) is 0 Å². The van der Waals surface area contributed by atoms with Gasteiger partial charge in [-0.25, -0.2) is 0 Å². The molecule has 0 aliphatic rings. The average molecular weight is 355 g/mol. The second-order valence-corrected chi connectivity index (χ2v) is 6.69. The molecule has 3 nitrogen and oxygen atoms in total. The molecule has 0 atom stereocenters. The molecule has 0 aliphatic carbocycles. The molecule has 0 fully saturated rings. The number of benzene rings is 4. The van der Waals surface area contributed by atoms with E-state index in [2.05, 4.69) is 95.1 Å². The molecule has 0 radical (unpaired) electrons. The van der Waals surface area contributed by atoms with Crippen molar-refractivity contribution in [1.82, 2.24) is 5.32 Å². The molecule has 4 aromatic carbocycles. The first-order chi connectivity index (χ1) is 13.4. The van der Waals surface area contributed by atoms with Crippen LogP contribution in [0.3, 0.4) is 0 Å². The quantitative estimate of drug-likeness (QED) is 0.473. The van der Waals surface area contributed by atoms with Gasteiger partial charge in [-0.3, -0.25) is 0 Å². The van der Waals surface area contributed by atoms with Gasteiger partial charge in [0.25, 0.3) is 0 Å². The summed E-state index contributed by atoms with van der Waals surface area (Å²) in [5.74, 6) is 0. The summed E-state index contributed by atoms with van der Waals surface area (Å²) in [4.78, 5) is 2.42. The third kappa shape index (κ3) is 3.65. The summed E-state index contributed by atoms with van der Waals surface area (Å²) in [7, 11) is 0. The van der Waals surface area contributed by atoms with Crippen LogP contribution in [0.15, 0.2) is 84.9 Å². The maximum atomic E-state index is 5.64. The van der Waals surface area contributed by atoms with Crippen LogP contribution in [0.5, 0.6) is 0 Å². The zero-order valence-electron chi connectivity index (χ0n) is 15.4. The first kappa shape index (κ1) is 17.5. The fraction of sp³-hybridized carbons (Fsp3) is 0.167. The van der Waals surface area contributed by atoms with Crippen molar-refractivity contribution in [3.63, 3.8) is 0 Å². The van der Waals surface area contributed by atoms with Crippen LogP contribution < -0.4 is 16.0 Å². The molecule has 0 saturated heterocycles. The van der Waals surface area contributed by atoms with Gasteiger partial charge in [0.2, 0.25) is 0 Å². The molecule has 3 N–H and O–H groups in total. The molecule has 0 amide bonds. The first-order valence-corrected chi connectivity index (χ1v) is 9.52. The van der Waals surface area contributed by atoms with Crippen molar-refractivity contribution in [2.24, 2.45) is 5.73 Å². The SMILES string of the molecule is NCCNCCN(c1cccc2ccccc12)c1cccc2ccccc12. The Morgan fingerprint density at radius 3 is 1.70 bits per heavy atom. The van der Waals surface area contributed by atoms with Crippen molar-refractivity contribution in [3.05, 3.63) is 84.9 Å². The van der Waals surface area contributed by atoms with Crippen molar-refractivity contribution in [3.8, 4) is 0 Å². The molecule has 0 saturated carbocycles. The lowest BCUT2D eigenvalue weighted by Crippen LogP contribution is -2.31. The highest BCUT2D eigenvalue weighted by Crippen LogP contribution is 2.35. The van der Waals surface area contributed by atoms with Crippen LogP contribution in [0.2, 0.25) is 0 Å². The lowest BCUT2D eigenvalue weighted by Gasteiger charge is -2.28. The Morgan fingerprint density at radius 1 is 0.630 bits per heavy atom. The Labute approximate surface area is 160 Å². The van der Waals surface area contributed by atoms with Crippen molar-refractivity contribution >= 4 is 32.9 Å². The van der Waals surface area contributed by atoms with Crippen LogP contribution in [-0.4, -0.2) is 26.2 Å². The van der Waals surface area contributed by atoms with Gasteiger partial charge in [0.15, 0.2) is 0 Å². The number of nitrogens with one attached hydrogen (secondary N) is 1. The standard InChI is InChI=1S/C24H25N3/c25-15-16-26-17-18-27(23-13-5-9-19-7-1-3-11-21(19)23)24-14-6-10-20-8-2-4-12-22(20)24/h1-14,26H,15-18,25H2. The first-order valence-electron chi connectivity index (χ1n) is 9.52. The minimum Gasteiger partial charge on any atom is -0.339 e. The largest absolute Gasteiger partial charge is 0.339 e. The van der Waals surface area contributed by atoms with Gasteiger partial charge in [-0.1, -0.05) is 72.8 Å². The average Bonchev–Trinajstić information content (AvgIpc) is 2.73. The number of rotatable bonds is 7. The fourth-order valence-corrected chi connectivity index (χ4v) is 3.68. The van der Waals surface area contributed by atoms with Crippen LogP contribution >= 0.6 is 0 Å². The lowest BCUT2D eigenvalue weighted by atomic mass is 10.0. The third-order valence-electron chi connectivity index (χ3n) is 4.95. The molecule has 3 heteroatoms. The Morgan fingerprint density at radius 2 is 1.15 bits per heavy atom. The third-order valence-corrected chi connectivity index (χ3v) is 4.95. The van der Waals surface area contributed by atoms with Gasteiger partial charge in [-0.05, 0) is 22.9 Å². The van der Waals surface area contributed by atoms with E-state index in [-0.39, 0.29) is 0 Å². The summed E-state index contributed by atoms with van der Waals surface area (Å²) in [5.41, 5.74) is 8.11. The Kier molecular flexibility index (Phi) is 5.33. The Balaban J connectivity index is 1.83. The summed E-state index contributed by atoms with van der Waals surface area (Å²) in [6.07, 6.45) is 0. The van der Waals surface area contributed by atoms with E-state index in [1.807, 2.05) is 0 Å². The maximum absolute atomic E-state index is 5.64. The molecule has 4 aromatic rings. The van der Waals surface area contributed by atoms with Crippen LogP contribution in [0.4, 0.5) is 11.4 Å². The normalized spacial score (nSPS) is 11.1. The highest BCUT2D eigenvalue weighted by molar-refractivity contribution is 6.01. The van der Waals surface area contributed by atoms with Crippen LogP contribution in [0.25, 0.3) is 21.5 Å². The predicted molar refractivity (Wildman–Crippen MR) is 117 cm³/mol. The number of fused-ring (bicyclic) bond motifs is 2. The molecule has 136 valence electrons. The number of nitrogens with two attached hydrogens (primary N) is 1. The molecule has 0 aromatic heterocycles. The summed E-state index contributed by atoms with van der Waals surface area (Å²) >= 11 is 0. The summed E-state index contributed by atoms with van der Waals surface area (Å²) < 4.78 is 0. The predicted octanol–water partition coefficient (Wildman–Crippen LogP) is 4.68. The summed E-state index contributed by atoms with van der Waals surface area (Å²) in [6.45, 7) is 3.24. The van der Waals surface area contributed by atoms with E-state index < -0.39 is 0 Å². The van der Waals surface area contributed by atoms with Crippen LogP contribution in [0.1, 0.15) is 0 Å². The summed E-state index contributed by atoms with van der Waals surface area (Å²) in [6, 6.07) is 30.2. The Bertz CT molecular complexity index is 952. The Hall–Kier alpha value is -2.88. The zero-order valence-corrected chi connectivity index (χ0v) is 15.4. The van der Waals surface area contributed by atoms with E-state index in [9.17, 15) is 0 Å². The van der Waals surface area contributed by atoms with E-state index in [1.54, 1.807) is 0 Å². The minimum atomic E-state index is 0.655. The molecule has 0 aliphatic heterocycles. The second kappa shape index (κ2) is 8.21. The van der Waals surface area contributed by atoms with E-state index in [0.29, 0.717) is 6.54 Å². The van der Waals surface area contributed by atoms with E-state index >= 15 is 0 Å². The minimum absolute atomic E-state index is 0.655. The fourth-order valence-electron chi connectivity index (χ4n) is 3.68. The smallest absolute Gasteiger partial charge is 0.0491 e. The van der Waals surface area contributed by atoms with Gasteiger partial charge < -0.3 is 16.0 Å². The van der Waals surface area contributed by atoms with Gasteiger partial charge >= 0.3 is 0 Å². The molecule has 0 unspecified atom stereocenters. The highest BCUT2D eigenvalue weighted by Gasteiger charge is 2.14. The van der Waals surface area contributed by atoms with Gasteiger partial charge in [0, 0.05) is 48.3 Å². The molecule has 0 bridgehead atoms. The summed E-state index contributed by atoms with van der Waals surface area (Å²) in [5, 5.41) is 8.49. The van der Waals surface area contributed by atoms with Crippen LogP contribution in [0, 0.1) is 0 Å². The van der Waals surface area contributed by atoms with Crippen molar-refractivity contribution < 1.29 is 0 Å². The molecule has 27 heavy (non-hydrogen) atoms. The van der Waals surface area contributed by atoms with Gasteiger partial charge in [-0.2, -0.15) is 0 Å². The van der Waals surface area contributed by atoms with Crippen LogP contribution in [-0.2, 0) is 0 Å². The molecule has 0 heterocycles. The van der Waals surface area contributed by atoms with E-state index in [0.717, 1.165) is 19.6 Å². The van der Waals surface area contributed by atoms with E-state index in [1.165, 1.54) is 32.9 Å². The van der Waals surface area contributed by atoms with Crippen molar-refractivity contribution in [2.45, 2.75) is 0 Å². The van der Waals surface area contributed by atoms with E-state index in [4.69, 9.17) is 5.73 Å². The zero-order chi connectivity index (χ0) is 18.5. The molecule has 4 rings (SSSR count).